The van der Waals surface area contributed by atoms with Crippen LogP contribution in [0, 0.1) is 17.2 Å². The zero-order chi connectivity index (χ0) is 16.0. The lowest BCUT2D eigenvalue weighted by Crippen LogP contribution is -2.47. The molecule has 1 fully saturated rings. The highest BCUT2D eigenvalue weighted by molar-refractivity contribution is 5.37. The van der Waals surface area contributed by atoms with E-state index in [4.69, 9.17) is 5.26 Å². The summed E-state index contributed by atoms with van der Waals surface area (Å²) in [5.41, 5.74) is 2.32. The summed E-state index contributed by atoms with van der Waals surface area (Å²) in [6.45, 7) is 10.6. The van der Waals surface area contributed by atoms with E-state index in [1.54, 1.807) is 0 Å². The molecule has 2 heteroatoms. The Morgan fingerprint density at radius 2 is 2.14 bits per heavy atom. The highest BCUT2D eigenvalue weighted by Gasteiger charge is 2.37. The predicted octanol–water partition coefficient (Wildman–Crippen LogP) is 4.74. The van der Waals surface area contributed by atoms with Crippen LogP contribution in [0.2, 0.25) is 0 Å². The van der Waals surface area contributed by atoms with Crippen LogP contribution in [0.5, 0.6) is 0 Å². The third-order valence-corrected chi connectivity index (χ3v) is 5.55. The molecule has 0 amide bonds. The molecule has 0 radical (unpaired) electrons. The summed E-state index contributed by atoms with van der Waals surface area (Å²) in [6.07, 6.45) is 6.56. The van der Waals surface area contributed by atoms with Gasteiger partial charge in [-0.2, -0.15) is 5.26 Å². The molecule has 1 saturated heterocycles. The molecule has 120 valence electrons. The van der Waals surface area contributed by atoms with Crippen LogP contribution in [0.15, 0.2) is 24.3 Å². The quantitative estimate of drug-likeness (QED) is 0.709. The number of hydrogen-bond donors (Lipinski definition) is 0. The fraction of sp³-hybridized carbons (Fsp3) is 0.650. The highest BCUT2D eigenvalue weighted by Crippen LogP contribution is 2.39. The lowest BCUT2D eigenvalue weighted by atomic mass is 9.68. The first-order chi connectivity index (χ1) is 10.6. The van der Waals surface area contributed by atoms with Crippen LogP contribution in [0.1, 0.15) is 64.0 Å². The maximum atomic E-state index is 9.13. The van der Waals surface area contributed by atoms with Gasteiger partial charge in [0.1, 0.15) is 0 Å². The largest absolute Gasteiger partial charge is 0.303 e. The molecule has 1 aromatic rings. The number of rotatable bonds is 6. The normalized spacial score (nSPS) is 25.8. The highest BCUT2D eigenvalue weighted by atomic mass is 15.1. The summed E-state index contributed by atoms with van der Waals surface area (Å²) in [6, 6.07) is 10.5. The Labute approximate surface area is 136 Å². The van der Waals surface area contributed by atoms with Crippen molar-refractivity contribution in [1.82, 2.24) is 4.90 Å². The van der Waals surface area contributed by atoms with E-state index in [9.17, 15) is 0 Å². The van der Waals surface area contributed by atoms with E-state index in [0.717, 1.165) is 5.56 Å². The van der Waals surface area contributed by atoms with Gasteiger partial charge in [-0.25, -0.2) is 0 Å². The molecule has 0 aromatic heterocycles. The molecule has 2 atom stereocenters. The Hall–Kier alpha value is -1.33. The molecule has 1 heterocycles. The number of benzene rings is 1. The van der Waals surface area contributed by atoms with Crippen molar-refractivity contribution in [3.8, 4) is 6.07 Å². The molecule has 0 spiro atoms. The van der Waals surface area contributed by atoms with Crippen molar-refractivity contribution in [2.75, 3.05) is 19.6 Å². The van der Waals surface area contributed by atoms with Gasteiger partial charge in [0.2, 0.25) is 0 Å². The van der Waals surface area contributed by atoms with Crippen LogP contribution in [0.3, 0.4) is 0 Å². The summed E-state index contributed by atoms with van der Waals surface area (Å²) < 4.78 is 0. The summed E-state index contributed by atoms with van der Waals surface area (Å²) in [5, 5.41) is 9.13. The molecule has 1 aliphatic rings. The molecule has 0 aliphatic carbocycles. The molecule has 2 rings (SSSR count). The first kappa shape index (κ1) is 17.0. The average molecular weight is 298 g/mol. The Bertz CT molecular complexity index is 517. The third kappa shape index (κ3) is 3.90. The molecular formula is C20H30N2. The van der Waals surface area contributed by atoms with Gasteiger partial charge >= 0.3 is 0 Å². The van der Waals surface area contributed by atoms with Gasteiger partial charge in [0.15, 0.2) is 0 Å². The van der Waals surface area contributed by atoms with Gasteiger partial charge in [0.25, 0.3) is 0 Å². The molecule has 2 nitrogen and oxygen atoms in total. The van der Waals surface area contributed by atoms with Crippen molar-refractivity contribution in [3.63, 3.8) is 0 Å². The van der Waals surface area contributed by atoms with Gasteiger partial charge in [0.05, 0.1) is 11.6 Å². The van der Waals surface area contributed by atoms with E-state index in [0.29, 0.717) is 5.92 Å². The molecular weight excluding hydrogens is 268 g/mol. The van der Waals surface area contributed by atoms with Crippen molar-refractivity contribution >= 4 is 0 Å². The number of nitriles is 1. The van der Waals surface area contributed by atoms with E-state index >= 15 is 0 Å². The smallest absolute Gasteiger partial charge is 0.0991 e. The molecule has 1 aromatic carbocycles. The molecule has 1 aliphatic heterocycles. The SMILES string of the molecule is CCCCCCN1CCC(C)(c2cccc(C#N)c2)C(C)C1. The number of nitrogens with zero attached hydrogens (tertiary/aromatic N) is 2. The predicted molar refractivity (Wildman–Crippen MR) is 92.9 cm³/mol. The molecule has 2 unspecified atom stereocenters. The minimum Gasteiger partial charge on any atom is -0.303 e. The summed E-state index contributed by atoms with van der Waals surface area (Å²) in [5.74, 6) is 0.626. The molecule has 22 heavy (non-hydrogen) atoms. The Morgan fingerprint density at radius 3 is 2.82 bits per heavy atom. The van der Waals surface area contributed by atoms with E-state index < -0.39 is 0 Å². The molecule has 0 N–H and O–H groups in total. The topological polar surface area (TPSA) is 27.0 Å². The lowest BCUT2D eigenvalue weighted by Gasteiger charge is -2.45. The van der Waals surface area contributed by atoms with Crippen LogP contribution in [0.4, 0.5) is 0 Å². The van der Waals surface area contributed by atoms with Crippen molar-refractivity contribution in [2.24, 2.45) is 5.92 Å². The van der Waals surface area contributed by atoms with E-state index in [1.165, 1.54) is 57.3 Å². The Morgan fingerprint density at radius 1 is 1.32 bits per heavy atom. The zero-order valence-corrected chi connectivity index (χ0v) is 14.4. The number of hydrogen-bond acceptors (Lipinski definition) is 2. The second-order valence-corrected chi connectivity index (χ2v) is 7.12. The fourth-order valence-corrected chi connectivity index (χ4v) is 3.65. The van der Waals surface area contributed by atoms with Gasteiger partial charge in [-0.05, 0) is 55.0 Å². The summed E-state index contributed by atoms with van der Waals surface area (Å²) >= 11 is 0. The van der Waals surface area contributed by atoms with E-state index in [-0.39, 0.29) is 5.41 Å². The fourth-order valence-electron chi connectivity index (χ4n) is 3.65. The monoisotopic (exact) mass is 298 g/mol. The maximum Gasteiger partial charge on any atom is 0.0991 e. The first-order valence-corrected chi connectivity index (χ1v) is 8.83. The second kappa shape index (κ2) is 7.79. The maximum absolute atomic E-state index is 9.13. The van der Waals surface area contributed by atoms with Crippen LogP contribution in [0.25, 0.3) is 0 Å². The Balaban J connectivity index is 1.98. The van der Waals surface area contributed by atoms with Crippen LogP contribution in [-0.2, 0) is 5.41 Å². The van der Waals surface area contributed by atoms with Gasteiger partial charge in [-0.3, -0.25) is 0 Å². The zero-order valence-electron chi connectivity index (χ0n) is 14.4. The summed E-state index contributed by atoms with van der Waals surface area (Å²) in [4.78, 5) is 2.64. The van der Waals surface area contributed by atoms with Crippen LogP contribution in [-0.4, -0.2) is 24.5 Å². The second-order valence-electron chi connectivity index (χ2n) is 7.12. The van der Waals surface area contributed by atoms with Crippen LogP contribution >= 0.6 is 0 Å². The van der Waals surface area contributed by atoms with Gasteiger partial charge in [-0.1, -0.05) is 52.2 Å². The molecule has 0 saturated carbocycles. The van der Waals surface area contributed by atoms with Gasteiger partial charge in [-0.15, -0.1) is 0 Å². The average Bonchev–Trinajstić information content (AvgIpc) is 2.55. The number of likely N-dealkylation sites (tertiary alicyclic amines) is 1. The van der Waals surface area contributed by atoms with Crippen molar-refractivity contribution < 1.29 is 0 Å². The minimum absolute atomic E-state index is 0.201. The van der Waals surface area contributed by atoms with Crippen molar-refractivity contribution in [2.45, 2.75) is 58.3 Å². The molecule has 0 bridgehead atoms. The van der Waals surface area contributed by atoms with E-state index in [2.05, 4.69) is 43.9 Å². The summed E-state index contributed by atoms with van der Waals surface area (Å²) in [7, 11) is 0. The number of piperidine rings is 1. The van der Waals surface area contributed by atoms with E-state index in [1.807, 2.05) is 12.1 Å². The third-order valence-electron chi connectivity index (χ3n) is 5.55. The minimum atomic E-state index is 0.201. The van der Waals surface area contributed by atoms with Gasteiger partial charge < -0.3 is 4.90 Å². The first-order valence-electron chi connectivity index (χ1n) is 8.83. The number of unbranched alkanes of at least 4 members (excludes halogenated alkanes) is 3. The van der Waals surface area contributed by atoms with Crippen molar-refractivity contribution in [1.29, 1.82) is 5.26 Å². The van der Waals surface area contributed by atoms with Crippen LogP contribution < -0.4 is 0 Å². The standard InChI is InChI=1S/C20H30N2/c1-4-5-6-7-12-22-13-11-20(3,17(2)16-22)19-10-8-9-18(14-19)15-21/h8-10,14,17H,4-7,11-13,16H2,1-3H3. The van der Waals surface area contributed by atoms with Gasteiger partial charge in [0, 0.05) is 6.54 Å². The Kier molecular flexibility index (Phi) is 6.03. The van der Waals surface area contributed by atoms with Crippen molar-refractivity contribution in [3.05, 3.63) is 35.4 Å². The lowest BCUT2D eigenvalue weighted by molar-refractivity contribution is 0.109.